The van der Waals surface area contributed by atoms with Gasteiger partial charge < -0.3 is 10.1 Å². The minimum atomic E-state index is -0.887. The van der Waals surface area contributed by atoms with Crippen molar-refractivity contribution in [2.45, 2.75) is 6.10 Å². The molecule has 1 heterocycles. The van der Waals surface area contributed by atoms with Crippen molar-refractivity contribution in [3.8, 4) is 6.07 Å². The standard InChI is InChI=1S/C16H11FN2O/c17-14-3-1-11(8-13(14)9-18)16(20)12-2-4-15-10(7-12)5-6-19-15/h1-8,16,19-20H. The molecule has 0 saturated heterocycles. The number of rotatable bonds is 2. The number of nitrogens with zero attached hydrogens (tertiary/aromatic N) is 1. The summed E-state index contributed by atoms with van der Waals surface area (Å²) in [5, 5.41) is 20.2. The highest BCUT2D eigenvalue weighted by Crippen LogP contribution is 2.26. The quantitative estimate of drug-likeness (QED) is 0.748. The molecule has 1 atom stereocenters. The van der Waals surface area contributed by atoms with E-state index < -0.39 is 11.9 Å². The highest BCUT2D eigenvalue weighted by molar-refractivity contribution is 5.80. The summed E-state index contributed by atoms with van der Waals surface area (Å²) < 4.78 is 13.3. The van der Waals surface area contributed by atoms with Gasteiger partial charge in [0.2, 0.25) is 0 Å². The number of aliphatic hydroxyl groups excluding tert-OH is 1. The summed E-state index contributed by atoms with van der Waals surface area (Å²) in [7, 11) is 0. The second kappa shape index (κ2) is 4.80. The van der Waals surface area contributed by atoms with E-state index in [1.807, 2.05) is 24.4 Å². The second-order valence-corrected chi connectivity index (χ2v) is 4.58. The molecule has 0 aliphatic heterocycles. The average molecular weight is 266 g/mol. The van der Waals surface area contributed by atoms with E-state index in [1.165, 1.54) is 18.2 Å². The minimum Gasteiger partial charge on any atom is -0.384 e. The Kier molecular flexibility index (Phi) is 2.97. The summed E-state index contributed by atoms with van der Waals surface area (Å²) in [5.41, 5.74) is 2.12. The first-order valence-corrected chi connectivity index (χ1v) is 6.13. The molecule has 3 aromatic rings. The average Bonchev–Trinajstić information content (AvgIpc) is 2.94. The number of hydrogen-bond donors (Lipinski definition) is 2. The first-order chi connectivity index (χ1) is 9.69. The van der Waals surface area contributed by atoms with Gasteiger partial charge in [-0.15, -0.1) is 0 Å². The lowest BCUT2D eigenvalue weighted by Crippen LogP contribution is -2.00. The maximum atomic E-state index is 13.3. The fourth-order valence-electron chi connectivity index (χ4n) is 2.23. The zero-order chi connectivity index (χ0) is 14.1. The number of aromatic amines is 1. The number of aliphatic hydroxyl groups is 1. The predicted octanol–water partition coefficient (Wildman–Crippen LogP) is 3.26. The van der Waals surface area contributed by atoms with Crippen LogP contribution in [0.3, 0.4) is 0 Å². The summed E-state index contributed by atoms with van der Waals surface area (Å²) in [5.74, 6) is -0.579. The third-order valence-electron chi connectivity index (χ3n) is 3.32. The molecule has 98 valence electrons. The van der Waals surface area contributed by atoms with Crippen molar-refractivity contribution in [3.63, 3.8) is 0 Å². The van der Waals surface area contributed by atoms with Crippen LogP contribution in [0.4, 0.5) is 4.39 Å². The Hall–Kier alpha value is -2.64. The minimum absolute atomic E-state index is 0.0655. The summed E-state index contributed by atoms with van der Waals surface area (Å²) >= 11 is 0. The molecule has 0 bridgehead atoms. The Morgan fingerprint density at radius 1 is 1.10 bits per heavy atom. The van der Waals surface area contributed by atoms with Gasteiger partial charge in [0.25, 0.3) is 0 Å². The summed E-state index contributed by atoms with van der Waals surface area (Å²) in [6.45, 7) is 0. The van der Waals surface area contributed by atoms with E-state index in [1.54, 1.807) is 12.1 Å². The smallest absolute Gasteiger partial charge is 0.140 e. The molecule has 1 unspecified atom stereocenters. The van der Waals surface area contributed by atoms with Gasteiger partial charge >= 0.3 is 0 Å². The topological polar surface area (TPSA) is 59.8 Å². The fraction of sp³-hybridized carbons (Fsp3) is 0.0625. The third kappa shape index (κ3) is 2.04. The Labute approximate surface area is 114 Å². The highest BCUT2D eigenvalue weighted by Gasteiger charge is 2.13. The van der Waals surface area contributed by atoms with Gasteiger partial charge in [0.1, 0.15) is 18.0 Å². The van der Waals surface area contributed by atoms with E-state index in [2.05, 4.69) is 4.98 Å². The van der Waals surface area contributed by atoms with Crippen LogP contribution < -0.4 is 0 Å². The van der Waals surface area contributed by atoms with Crippen LogP contribution >= 0.6 is 0 Å². The van der Waals surface area contributed by atoms with Gasteiger partial charge in [-0.3, -0.25) is 0 Å². The Bertz CT molecular complexity index is 817. The molecule has 1 aromatic heterocycles. The molecule has 3 rings (SSSR count). The largest absolute Gasteiger partial charge is 0.384 e. The molecule has 0 fully saturated rings. The number of fused-ring (bicyclic) bond motifs is 1. The predicted molar refractivity (Wildman–Crippen MR) is 73.5 cm³/mol. The van der Waals surface area contributed by atoms with Gasteiger partial charge in [0, 0.05) is 11.7 Å². The summed E-state index contributed by atoms with van der Waals surface area (Å²) in [4.78, 5) is 3.08. The number of aromatic nitrogens is 1. The molecule has 0 aliphatic carbocycles. The van der Waals surface area contributed by atoms with E-state index in [9.17, 15) is 9.50 Å². The molecule has 0 radical (unpaired) electrons. The van der Waals surface area contributed by atoms with Gasteiger partial charge in [-0.25, -0.2) is 4.39 Å². The number of H-pyrrole nitrogens is 1. The first kappa shape index (κ1) is 12.4. The van der Waals surface area contributed by atoms with Crippen molar-refractivity contribution in [2.24, 2.45) is 0 Å². The van der Waals surface area contributed by atoms with Gasteiger partial charge in [0.05, 0.1) is 5.56 Å². The Morgan fingerprint density at radius 2 is 1.85 bits per heavy atom. The Balaban J connectivity index is 2.03. The van der Waals surface area contributed by atoms with Crippen LogP contribution in [0, 0.1) is 17.1 Å². The second-order valence-electron chi connectivity index (χ2n) is 4.58. The first-order valence-electron chi connectivity index (χ1n) is 6.13. The number of nitriles is 1. The fourth-order valence-corrected chi connectivity index (χ4v) is 2.23. The molecule has 4 heteroatoms. The van der Waals surface area contributed by atoms with E-state index in [-0.39, 0.29) is 5.56 Å². The number of nitrogens with one attached hydrogen (secondary N) is 1. The van der Waals surface area contributed by atoms with Crippen LogP contribution in [0.2, 0.25) is 0 Å². The molecule has 0 spiro atoms. The van der Waals surface area contributed by atoms with Gasteiger partial charge in [0.15, 0.2) is 0 Å². The van der Waals surface area contributed by atoms with Crippen molar-refractivity contribution < 1.29 is 9.50 Å². The van der Waals surface area contributed by atoms with Crippen LogP contribution in [0.25, 0.3) is 10.9 Å². The van der Waals surface area contributed by atoms with E-state index in [4.69, 9.17) is 5.26 Å². The lowest BCUT2D eigenvalue weighted by molar-refractivity contribution is 0.220. The zero-order valence-electron chi connectivity index (χ0n) is 10.5. The van der Waals surface area contributed by atoms with Crippen LogP contribution in [-0.4, -0.2) is 10.1 Å². The lowest BCUT2D eigenvalue weighted by Gasteiger charge is -2.12. The van der Waals surface area contributed by atoms with E-state index in [0.717, 1.165) is 10.9 Å². The Morgan fingerprint density at radius 3 is 2.65 bits per heavy atom. The third-order valence-corrected chi connectivity index (χ3v) is 3.32. The maximum absolute atomic E-state index is 13.3. The number of benzene rings is 2. The van der Waals surface area contributed by atoms with Crippen molar-refractivity contribution >= 4 is 10.9 Å². The zero-order valence-corrected chi connectivity index (χ0v) is 10.5. The van der Waals surface area contributed by atoms with E-state index in [0.29, 0.717) is 11.1 Å². The molecule has 2 aromatic carbocycles. The molecule has 3 nitrogen and oxygen atoms in total. The normalized spacial score (nSPS) is 12.2. The lowest BCUT2D eigenvalue weighted by atomic mass is 9.99. The monoisotopic (exact) mass is 266 g/mol. The van der Waals surface area contributed by atoms with Gasteiger partial charge in [-0.2, -0.15) is 5.26 Å². The van der Waals surface area contributed by atoms with Crippen LogP contribution in [0.15, 0.2) is 48.7 Å². The molecule has 0 aliphatic rings. The van der Waals surface area contributed by atoms with Crippen molar-refractivity contribution in [1.29, 1.82) is 5.26 Å². The molecule has 20 heavy (non-hydrogen) atoms. The summed E-state index contributed by atoms with van der Waals surface area (Å²) in [6, 6.07) is 13.3. The van der Waals surface area contributed by atoms with Gasteiger partial charge in [-0.1, -0.05) is 12.1 Å². The molecule has 0 amide bonds. The SMILES string of the molecule is N#Cc1cc(C(O)c2ccc3[nH]ccc3c2)ccc1F. The van der Waals surface area contributed by atoms with Gasteiger partial charge in [-0.05, 0) is 46.8 Å². The number of halogens is 1. The van der Waals surface area contributed by atoms with Crippen molar-refractivity contribution in [3.05, 3.63) is 71.2 Å². The van der Waals surface area contributed by atoms with Crippen molar-refractivity contribution in [2.75, 3.05) is 0 Å². The molecule has 2 N–H and O–H groups in total. The van der Waals surface area contributed by atoms with Crippen LogP contribution in [0.5, 0.6) is 0 Å². The van der Waals surface area contributed by atoms with E-state index >= 15 is 0 Å². The maximum Gasteiger partial charge on any atom is 0.140 e. The number of hydrogen-bond acceptors (Lipinski definition) is 2. The van der Waals surface area contributed by atoms with Crippen LogP contribution in [0.1, 0.15) is 22.8 Å². The van der Waals surface area contributed by atoms with Crippen LogP contribution in [-0.2, 0) is 0 Å². The molecular formula is C16H11FN2O. The summed E-state index contributed by atoms with van der Waals surface area (Å²) in [6.07, 6.45) is 0.939. The van der Waals surface area contributed by atoms with Crippen molar-refractivity contribution in [1.82, 2.24) is 4.98 Å². The highest BCUT2D eigenvalue weighted by atomic mass is 19.1. The molecular weight excluding hydrogens is 255 g/mol. The molecule has 0 saturated carbocycles.